The molecule has 2 aromatic carbocycles. The average molecular weight is 448 g/mol. The summed E-state index contributed by atoms with van der Waals surface area (Å²) in [5.74, 6) is 1.75. The Morgan fingerprint density at radius 1 is 0.909 bits per heavy atom. The first-order valence-electron chi connectivity index (χ1n) is 11.8. The number of hydrogen-bond acceptors (Lipinski definition) is 5. The van der Waals surface area contributed by atoms with Crippen LogP contribution in [0.15, 0.2) is 35.5 Å². The minimum absolute atomic E-state index is 0.194. The fraction of sp³-hybridized carbons (Fsp3) is 0.464. The zero-order valence-electron chi connectivity index (χ0n) is 20.4. The predicted molar refractivity (Wildman–Crippen MR) is 129 cm³/mol. The summed E-state index contributed by atoms with van der Waals surface area (Å²) in [5.41, 5.74) is 6.15. The van der Waals surface area contributed by atoms with Crippen LogP contribution in [-0.2, 0) is 15.6 Å². The van der Waals surface area contributed by atoms with Gasteiger partial charge in [-0.25, -0.2) is 0 Å². The molecule has 3 aliphatic rings. The van der Waals surface area contributed by atoms with E-state index in [1.165, 1.54) is 0 Å². The molecule has 0 aromatic heterocycles. The Hall–Kier alpha value is -2.95. The highest BCUT2D eigenvalue weighted by Crippen LogP contribution is 2.51. The summed E-state index contributed by atoms with van der Waals surface area (Å²) in [7, 11) is 0. The average Bonchev–Trinajstić information content (AvgIpc) is 3.17. The maximum Gasteiger partial charge on any atom is 0.231 e. The number of fused-ring (bicyclic) bond motifs is 2. The van der Waals surface area contributed by atoms with E-state index in [-0.39, 0.29) is 29.3 Å². The molecular weight excluding hydrogens is 414 g/mol. The largest absolute Gasteiger partial charge is 0.507 e. The number of Topliss-reactive ketones (excluding diaryl/α,β-unsaturated/α-hetero) is 1. The van der Waals surface area contributed by atoms with Crippen molar-refractivity contribution in [2.45, 2.75) is 77.6 Å². The topological polar surface area (TPSA) is 67.8 Å². The van der Waals surface area contributed by atoms with Crippen LogP contribution < -0.4 is 14.8 Å². The second-order valence-electron chi connectivity index (χ2n) is 11.5. The summed E-state index contributed by atoms with van der Waals surface area (Å²) in [5, 5.41) is 14.8. The van der Waals surface area contributed by atoms with Crippen LogP contribution in [0.5, 0.6) is 17.2 Å². The van der Waals surface area contributed by atoms with Crippen LogP contribution in [0.3, 0.4) is 0 Å². The Morgan fingerprint density at radius 3 is 2.12 bits per heavy atom. The second-order valence-corrected chi connectivity index (χ2v) is 11.5. The summed E-state index contributed by atoms with van der Waals surface area (Å²) >= 11 is 0. The van der Waals surface area contributed by atoms with E-state index < -0.39 is 0 Å². The minimum Gasteiger partial charge on any atom is -0.507 e. The fourth-order valence-electron chi connectivity index (χ4n) is 5.26. The molecule has 0 spiro atoms. The molecule has 1 aliphatic carbocycles. The second kappa shape index (κ2) is 7.28. The lowest BCUT2D eigenvalue weighted by molar-refractivity contribution is -0.116. The number of anilines is 1. The molecular formula is C28H33NO4. The van der Waals surface area contributed by atoms with Gasteiger partial charge in [-0.3, -0.25) is 4.79 Å². The van der Waals surface area contributed by atoms with Crippen molar-refractivity contribution in [3.8, 4) is 17.2 Å². The molecule has 1 atom stereocenters. The third-order valence-electron chi connectivity index (χ3n) is 6.97. The van der Waals surface area contributed by atoms with Crippen LogP contribution in [-0.4, -0.2) is 17.7 Å². The van der Waals surface area contributed by atoms with Gasteiger partial charge < -0.3 is 19.9 Å². The van der Waals surface area contributed by atoms with Gasteiger partial charge in [0.05, 0.1) is 0 Å². The molecule has 0 fully saturated rings. The Balaban J connectivity index is 1.80. The van der Waals surface area contributed by atoms with Crippen molar-refractivity contribution in [2.24, 2.45) is 0 Å². The Labute approximate surface area is 195 Å². The fourth-order valence-corrected chi connectivity index (χ4v) is 5.26. The van der Waals surface area contributed by atoms with Crippen LogP contribution in [0, 0.1) is 0 Å². The quantitative estimate of drug-likeness (QED) is 0.538. The molecule has 174 valence electrons. The predicted octanol–water partition coefficient (Wildman–Crippen LogP) is 6.28. The Kier molecular flexibility index (Phi) is 4.82. The maximum atomic E-state index is 13.3. The number of aromatic hydroxyl groups is 1. The van der Waals surface area contributed by atoms with Gasteiger partial charge in [-0.1, -0.05) is 53.7 Å². The summed E-state index contributed by atoms with van der Waals surface area (Å²) in [6, 6.07) is 8.20. The SMILES string of the molecule is CC(C)(C)c1cc(C2C3=C(CCCC3=O)Nc3cc4c(cc32)OCO4)cc(C(C)(C)C)c1O. The van der Waals surface area contributed by atoms with E-state index in [2.05, 4.69) is 59.0 Å². The number of phenols is 1. The molecule has 5 nitrogen and oxygen atoms in total. The molecule has 0 saturated heterocycles. The lowest BCUT2D eigenvalue weighted by Gasteiger charge is -2.36. The van der Waals surface area contributed by atoms with Crippen molar-refractivity contribution in [1.29, 1.82) is 0 Å². The van der Waals surface area contributed by atoms with Gasteiger partial charge in [0.15, 0.2) is 17.3 Å². The van der Waals surface area contributed by atoms with E-state index in [4.69, 9.17) is 9.47 Å². The number of carbonyl (C=O) groups is 1. The molecule has 0 radical (unpaired) electrons. The number of allylic oxidation sites excluding steroid dienone is 2. The standard InChI is InChI=1S/C28H33NO4/c1-27(2,3)17-10-15(11-18(26(17)31)28(4,5)6)24-16-12-22-23(33-14-32-22)13-20(16)29-19-8-7-9-21(30)25(19)24/h10-13,24,29,31H,7-9,14H2,1-6H3. The maximum absolute atomic E-state index is 13.3. The van der Waals surface area contributed by atoms with E-state index in [0.717, 1.165) is 57.8 Å². The molecule has 0 amide bonds. The van der Waals surface area contributed by atoms with E-state index in [0.29, 0.717) is 17.9 Å². The smallest absolute Gasteiger partial charge is 0.231 e. The van der Waals surface area contributed by atoms with Gasteiger partial charge in [0.25, 0.3) is 0 Å². The molecule has 5 rings (SSSR count). The van der Waals surface area contributed by atoms with E-state index in [9.17, 15) is 9.90 Å². The molecule has 33 heavy (non-hydrogen) atoms. The summed E-state index contributed by atoms with van der Waals surface area (Å²) in [6.07, 6.45) is 2.27. The van der Waals surface area contributed by atoms with Crippen molar-refractivity contribution in [2.75, 3.05) is 12.1 Å². The van der Waals surface area contributed by atoms with Gasteiger partial charge >= 0.3 is 0 Å². The zero-order valence-corrected chi connectivity index (χ0v) is 20.4. The summed E-state index contributed by atoms with van der Waals surface area (Å²) in [4.78, 5) is 13.3. The van der Waals surface area contributed by atoms with E-state index >= 15 is 0 Å². The van der Waals surface area contributed by atoms with Crippen LogP contribution in [0.1, 0.15) is 89.0 Å². The number of benzene rings is 2. The Bertz CT molecular complexity index is 1160. The summed E-state index contributed by atoms with van der Waals surface area (Å²) < 4.78 is 11.3. The van der Waals surface area contributed by atoms with Crippen molar-refractivity contribution < 1.29 is 19.4 Å². The monoisotopic (exact) mass is 447 g/mol. The number of phenolic OH excluding ortho intramolecular Hbond substituents is 1. The molecule has 0 saturated carbocycles. The minimum atomic E-state index is -0.251. The van der Waals surface area contributed by atoms with Crippen LogP contribution in [0.4, 0.5) is 5.69 Å². The highest BCUT2D eigenvalue weighted by Gasteiger charge is 2.38. The highest BCUT2D eigenvalue weighted by molar-refractivity contribution is 6.01. The summed E-state index contributed by atoms with van der Waals surface area (Å²) in [6.45, 7) is 12.9. The van der Waals surface area contributed by atoms with Crippen molar-refractivity contribution in [3.63, 3.8) is 0 Å². The number of carbonyl (C=O) groups excluding carboxylic acids is 1. The van der Waals surface area contributed by atoms with E-state index in [1.807, 2.05) is 12.1 Å². The van der Waals surface area contributed by atoms with Gasteiger partial charge in [0.2, 0.25) is 6.79 Å². The van der Waals surface area contributed by atoms with Crippen molar-refractivity contribution >= 4 is 11.5 Å². The first-order valence-corrected chi connectivity index (χ1v) is 11.8. The molecule has 2 N–H and O–H groups in total. The van der Waals surface area contributed by atoms with Gasteiger partial charge in [-0.05, 0) is 52.0 Å². The van der Waals surface area contributed by atoms with Crippen LogP contribution in [0.2, 0.25) is 0 Å². The van der Waals surface area contributed by atoms with Crippen molar-refractivity contribution in [3.05, 3.63) is 57.8 Å². The molecule has 5 heteroatoms. The van der Waals surface area contributed by atoms with Crippen LogP contribution in [0.25, 0.3) is 0 Å². The van der Waals surface area contributed by atoms with Gasteiger partial charge in [-0.15, -0.1) is 0 Å². The highest BCUT2D eigenvalue weighted by atomic mass is 16.7. The zero-order chi connectivity index (χ0) is 23.7. The van der Waals surface area contributed by atoms with Gasteiger partial charge in [0.1, 0.15) is 5.75 Å². The number of rotatable bonds is 1. The van der Waals surface area contributed by atoms with E-state index in [1.54, 1.807) is 0 Å². The number of ether oxygens (including phenoxy) is 2. The molecule has 2 aliphatic heterocycles. The molecule has 2 heterocycles. The Morgan fingerprint density at radius 2 is 1.52 bits per heavy atom. The van der Waals surface area contributed by atoms with Gasteiger partial charge in [-0.2, -0.15) is 0 Å². The first kappa shape index (κ1) is 21.9. The number of nitrogens with one attached hydrogen (secondary N) is 1. The molecule has 0 bridgehead atoms. The lowest BCUT2D eigenvalue weighted by Crippen LogP contribution is -2.27. The molecule has 2 aromatic rings. The number of ketones is 1. The molecule has 1 unspecified atom stereocenters. The third kappa shape index (κ3) is 3.58. The number of hydrogen-bond donors (Lipinski definition) is 2. The lowest BCUT2D eigenvalue weighted by atomic mass is 9.71. The van der Waals surface area contributed by atoms with Crippen LogP contribution >= 0.6 is 0 Å². The first-order chi connectivity index (χ1) is 15.4. The van der Waals surface area contributed by atoms with Gasteiger partial charge in [0, 0.05) is 35.4 Å². The van der Waals surface area contributed by atoms with Crippen molar-refractivity contribution in [1.82, 2.24) is 0 Å². The third-order valence-corrected chi connectivity index (χ3v) is 6.97. The normalized spacial score (nSPS) is 19.8.